The van der Waals surface area contributed by atoms with Gasteiger partial charge in [0, 0.05) is 51.9 Å². The van der Waals surface area contributed by atoms with Gasteiger partial charge >= 0.3 is 0 Å². The minimum absolute atomic E-state index is 0. The second-order valence-corrected chi connectivity index (χ2v) is 7.63. The number of aliphatic imine (C=N–C) groups is 1. The largest absolute Gasteiger partial charge is 0.383 e. The van der Waals surface area contributed by atoms with Crippen LogP contribution in [0.2, 0.25) is 0 Å². The first-order valence-corrected chi connectivity index (χ1v) is 9.76. The molecule has 0 aliphatic carbocycles. The number of guanidine groups is 1. The highest BCUT2D eigenvalue weighted by Crippen LogP contribution is 2.23. The van der Waals surface area contributed by atoms with E-state index in [1.165, 1.54) is 26.2 Å². The van der Waals surface area contributed by atoms with Gasteiger partial charge in [-0.15, -0.1) is 24.0 Å². The number of hydrogen-bond donors (Lipinski definition) is 3. The molecule has 6 nitrogen and oxygen atoms in total. The van der Waals surface area contributed by atoms with Crippen molar-refractivity contribution in [3.63, 3.8) is 0 Å². The van der Waals surface area contributed by atoms with Crippen molar-refractivity contribution < 1.29 is 5.11 Å². The van der Waals surface area contributed by atoms with Gasteiger partial charge < -0.3 is 15.7 Å². The van der Waals surface area contributed by atoms with E-state index < -0.39 is 5.60 Å². The van der Waals surface area contributed by atoms with Crippen molar-refractivity contribution in [2.45, 2.75) is 25.5 Å². The zero-order chi connectivity index (χ0) is 17.0. The van der Waals surface area contributed by atoms with Crippen LogP contribution < -0.4 is 10.6 Å². The molecule has 0 aromatic carbocycles. The second-order valence-electron chi connectivity index (χ2n) is 6.85. The van der Waals surface area contributed by atoms with E-state index in [0.717, 1.165) is 31.2 Å². The molecule has 1 aromatic heterocycles. The molecule has 2 unspecified atom stereocenters. The number of aliphatic hydroxyl groups is 1. The van der Waals surface area contributed by atoms with Crippen LogP contribution in [-0.4, -0.2) is 79.3 Å². The number of halogens is 1. The van der Waals surface area contributed by atoms with E-state index in [4.69, 9.17) is 0 Å². The van der Waals surface area contributed by atoms with Gasteiger partial charge in [0.15, 0.2) is 5.96 Å². The smallest absolute Gasteiger partial charge is 0.191 e. The summed E-state index contributed by atoms with van der Waals surface area (Å²) >= 11 is 1.60. The third-order valence-corrected chi connectivity index (χ3v) is 5.61. The van der Waals surface area contributed by atoms with Gasteiger partial charge in [-0.1, -0.05) is 0 Å². The molecule has 142 valence electrons. The van der Waals surface area contributed by atoms with Crippen molar-refractivity contribution in [1.29, 1.82) is 0 Å². The second kappa shape index (κ2) is 9.50. The molecule has 25 heavy (non-hydrogen) atoms. The molecule has 4 rings (SSSR count). The summed E-state index contributed by atoms with van der Waals surface area (Å²) in [7, 11) is 0. The van der Waals surface area contributed by atoms with Crippen LogP contribution in [0.3, 0.4) is 0 Å². The summed E-state index contributed by atoms with van der Waals surface area (Å²) < 4.78 is 0. The first-order valence-electron chi connectivity index (χ1n) is 8.82. The standard InChI is InChI=1S/C17H29N5OS.HI/c1-3-18-16(20-13-17(2,23)14-4-9-24-12-14)19-10-15-11-21-5-7-22(15)8-6-21;/h4,9,12,15,23H,3,5-8,10-11,13H2,1-2H3,(H2,18,19,20);1H. The van der Waals surface area contributed by atoms with Gasteiger partial charge in [-0.2, -0.15) is 11.3 Å². The first kappa shape index (κ1) is 20.9. The van der Waals surface area contributed by atoms with Gasteiger partial charge in [0.05, 0.1) is 6.54 Å². The van der Waals surface area contributed by atoms with Crippen molar-refractivity contribution in [1.82, 2.24) is 20.4 Å². The summed E-state index contributed by atoms with van der Waals surface area (Å²) in [4.78, 5) is 9.71. The molecule has 0 radical (unpaired) electrons. The molecule has 4 heterocycles. The zero-order valence-corrected chi connectivity index (χ0v) is 18.2. The van der Waals surface area contributed by atoms with Crippen LogP contribution in [0.5, 0.6) is 0 Å². The number of rotatable bonds is 6. The van der Waals surface area contributed by atoms with Crippen LogP contribution in [-0.2, 0) is 5.60 Å². The molecule has 3 fully saturated rings. The Kier molecular flexibility index (Phi) is 7.93. The summed E-state index contributed by atoms with van der Waals surface area (Å²) in [6.07, 6.45) is 0. The average molecular weight is 479 g/mol. The highest BCUT2D eigenvalue weighted by molar-refractivity contribution is 14.0. The minimum Gasteiger partial charge on any atom is -0.383 e. The molecule has 0 saturated carbocycles. The Bertz CT molecular complexity index is 543. The normalized spacial score (nSPS) is 28.1. The maximum absolute atomic E-state index is 10.6. The maximum Gasteiger partial charge on any atom is 0.191 e. The monoisotopic (exact) mass is 479 g/mol. The predicted molar refractivity (Wildman–Crippen MR) is 115 cm³/mol. The number of nitrogens with zero attached hydrogens (tertiary/aromatic N) is 3. The topological polar surface area (TPSA) is 63.1 Å². The van der Waals surface area contributed by atoms with E-state index in [1.54, 1.807) is 11.3 Å². The lowest BCUT2D eigenvalue weighted by atomic mass is 10.00. The molecule has 0 spiro atoms. The molecule has 3 N–H and O–H groups in total. The van der Waals surface area contributed by atoms with Crippen molar-refractivity contribution in [3.05, 3.63) is 22.4 Å². The highest BCUT2D eigenvalue weighted by Gasteiger charge is 2.31. The van der Waals surface area contributed by atoms with Gasteiger partial charge in [0.25, 0.3) is 0 Å². The lowest BCUT2D eigenvalue weighted by Crippen LogP contribution is -2.63. The fraction of sp³-hybridized carbons (Fsp3) is 0.706. The molecule has 2 bridgehead atoms. The summed E-state index contributed by atoms with van der Waals surface area (Å²) in [6.45, 7) is 11.8. The van der Waals surface area contributed by atoms with Crippen molar-refractivity contribution in [3.8, 4) is 0 Å². The zero-order valence-electron chi connectivity index (χ0n) is 15.1. The molecule has 3 aliphatic rings. The highest BCUT2D eigenvalue weighted by atomic mass is 127. The Labute approximate surface area is 171 Å². The SMILES string of the molecule is CCNC(=NCC(C)(O)c1ccsc1)NCC1CN2CCN1CC2.I. The number of hydrogen-bond acceptors (Lipinski definition) is 5. The van der Waals surface area contributed by atoms with E-state index in [2.05, 4.69) is 32.3 Å². The molecule has 1 aromatic rings. The third kappa shape index (κ3) is 5.53. The van der Waals surface area contributed by atoms with Crippen LogP contribution in [0.1, 0.15) is 19.4 Å². The van der Waals surface area contributed by atoms with Crippen LogP contribution >= 0.6 is 35.3 Å². The fourth-order valence-electron chi connectivity index (χ4n) is 3.37. The molecular weight excluding hydrogens is 449 g/mol. The van der Waals surface area contributed by atoms with Gasteiger partial charge in [0.1, 0.15) is 5.60 Å². The van der Waals surface area contributed by atoms with Gasteiger partial charge in [-0.25, -0.2) is 4.99 Å². The predicted octanol–water partition coefficient (Wildman–Crippen LogP) is 1.13. The van der Waals surface area contributed by atoms with Crippen LogP contribution in [0, 0.1) is 0 Å². The van der Waals surface area contributed by atoms with E-state index in [1.807, 2.05) is 23.8 Å². The van der Waals surface area contributed by atoms with Crippen LogP contribution in [0.15, 0.2) is 21.8 Å². The number of thiophene rings is 1. The first-order chi connectivity index (χ1) is 11.6. The van der Waals surface area contributed by atoms with E-state index in [-0.39, 0.29) is 24.0 Å². The van der Waals surface area contributed by atoms with E-state index >= 15 is 0 Å². The molecule has 3 aliphatic heterocycles. The molecular formula is C17H30IN5OS. The van der Waals surface area contributed by atoms with Crippen LogP contribution in [0.25, 0.3) is 0 Å². The Morgan fingerprint density at radius 2 is 2.12 bits per heavy atom. The van der Waals surface area contributed by atoms with Crippen molar-refractivity contribution in [2.24, 2.45) is 4.99 Å². The third-order valence-electron chi connectivity index (χ3n) is 4.93. The average Bonchev–Trinajstić information content (AvgIpc) is 3.14. The van der Waals surface area contributed by atoms with Gasteiger partial charge in [-0.05, 0) is 36.2 Å². The Morgan fingerprint density at radius 3 is 2.68 bits per heavy atom. The molecule has 0 amide bonds. The number of piperazine rings is 3. The minimum atomic E-state index is -0.929. The van der Waals surface area contributed by atoms with Crippen molar-refractivity contribution >= 4 is 41.3 Å². The number of fused-ring (bicyclic) bond motifs is 3. The molecule has 2 atom stereocenters. The lowest BCUT2D eigenvalue weighted by molar-refractivity contribution is 0.0154. The molecule has 8 heteroatoms. The van der Waals surface area contributed by atoms with Crippen molar-refractivity contribution in [2.75, 3.05) is 52.4 Å². The summed E-state index contributed by atoms with van der Waals surface area (Å²) in [5, 5.41) is 21.3. The Balaban J connectivity index is 0.00000225. The summed E-state index contributed by atoms with van der Waals surface area (Å²) in [6, 6.07) is 2.51. The quantitative estimate of drug-likeness (QED) is 0.325. The van der Waals surface area contributed by atoms with Gasteiger partial charge in [-0.3, -0.25) is 9.80 Å². The fourth-order valence-corrected chi connectivity index (χ4v) is 4.15. The summed E-state index contributed by atoms with van der Waals surface area (Å²) in [5.74, 6) is 0.783. The Hall–Kier alpha value is -0.420. The van der Waals surface area contributed by atoms with Gasteiger partial charge in [0.2, 0.25) is 0 Å². The Morgan fingerprint density at radius 1 is 1.36 bits per heavy atom. The van der Waals surface area contributed by atoms with Crippen LogP contribution in [0.4, 0.5) is 0 Å². The molecule has 3 saturated heterocycles. The van der Waals surface area contributed by atoms with E-state index in [9.17, 15) is 5.11 Å². The van der Waals surface area contributed by atoms with E-state index in [0.29, 0.717) is 12.6 Å². The summed E-state index contributed by atoms with van der Waals surface area (Å²) in [5.41, 5.74) is -0.00262. The number of nitrogens with one attached hydrogen (secondary N) is 2. The maximum atomic E-state index is 10.6. The lowest BCUT2D eigenvalue weighted by Gasteiger charge is -2.47.